The molecular weight excluding hydrogens is 345 g/mol. The number of amides is 1. The summed E-state index contributed by atoms with van der Waals surface area (Å²) in [6.45, 7) is 0.683. The Morgan fingerprint density at radius 3 is 2.59 bits per heavy atom. The van der Waals surface area contributed by atoms with Crippen LogP contribution in [-0.2, 0) is 6.54 Å². The molecule has 6 nitrogen and oxygen atoms in total. The monoisotopic (exact) mass is 361 g/mol. The molecule has 2 aromatic carbocycles. The number of benzene rings is 2. The smallest absolute Gasteiger partial charge is 0.255 e. The highest BCUT2D eigenvalue weighted by molar-refractivity contribution is 6.04. The fourth-order valence-corrected chi connectivity index (χ4v) is 2.74. The first kappa shape index (κ1) is 16.7. The van der Waals surface area contributed by atoms with Crippen molar-refractivity contribution in [2.45, 2.75) is 6.54 Å². The third-order valence-corrected chi connectivity index (χ3v) is 4.10. The van der Waals surface area contributed by atoms with E-state index in [1.165, 1.54) is 10.7 Å². The van der Waals surface area contributed by atoms with Crippen LogP contribution in [0.3, 0.4) is 0 Å². The number of rotatable bonds is 5. The fraction of sp³-hybridized carbons (Fsp3) is 0.0500. The molecule has 0 fully saturated rings. The van der Waals surface area contributed by atoms with Gasteiger partial charge in [-0.1, -0.05) is 12.1 Å². The molecule has 0 radical (unpaired) electrons. The summed E-state index contributed by atoms with van der Waals surface area (Å²) in [6.07, 6.45) is 8.57. The van der Waals surface area contributed by atoms with Gasteiger partial charge in [0.2, 0.25) is 0 Å². The van der Waals surface area contributed by atoms with E-state index in [0.717, 1.165) is 5.56 Å². The SMILES string of the molecule is O=C(Nc1ccc(-n2cccn2)c(F)c1)c1ccc(Cn2ccnc2)cc1. The molecular formula is C20H16FN5O. The van der Waals surface area contributed by atoms with Gasteiger partial charge in [0.15, 0.2) is 5.82 Å². The van der Waals surface area contributed by atoms with Crippen molar-refractivity contribution in [1.82, 2.24) is 19.3 Å². The molecule has 0 aliphatic heterocycles. The van der Waals surface area contributed by atoms with E-state index >= 15 is 0 Å². The predicted molar refractivity (Wildman–Crippen MR) is 99.2 cm³/mol. The van der Waals surface area contributed by atoms with Crippen LogP contribution < -0.4 is 5.32 Å². The molecule has 4 rings (SSSR count). The molecule has 0 saturated heterocycles. The summed E-state index contributed by atoms with van der Waals surface area (Å²) in [5, 5.41) is 6.72. The van der Waals surface area contributed by atoms with Crippen molar-refractivity contribution in [2.24, 2.45) is 0 Å². The Labute approximate surface area is 154 Å². The molecule has 2 aromatic heterocycles. The molecule has 0 bridgehead atoms. The largest absolute Gasteiger partial charge is 0.333 e. The van der Waals surface area contributed by atoms with Crippen LogP contribution in [0.25, 0.3) is 5.69 Å². The van der Waals surface area contributed by atoms with E-state index < -0.39 is 5.82 Å². The lowest BCUT2D eigenvalue weighted by molar-refractivity contribution is 0.102. The van der Waals surface area contributed by atoms with Gasteiger partial charge in [-0.25, -0.2) is 14.1 Å². The summed E-state index contributed by atoms with van der Waals surface area (Å²) in [6, 6.07) is 13.5. The number of carbonyl (C=O) groups excluding carboxylic acids is 1. The third kappa shape index (κ3) is 3.77. The zero-order valence-corrected chi connectivity index (χ0v) is 14.3. The van der Waals surface area contributed by atoms with Crippen molar-refractivity contribution in [3.05, 3.63) is 96.6 Å². The van der Waals surface area contributed by atoms with Crippen LogP contribution in [0.2, 0.25) is 0 Å². The Balaban J connectivity index is 1.45. The van der Waals surface area contributed by atoms with Crippen molar-refractivity contribution in [1.29, 1.82) is 0 Å². The van der Waals surface area contributed by atoms with Crippen LogP contribution in [0.4, 0.5) is 10.1 Å². The number of nitrogens with zero attached hydrogens (tertiary/aromatic N) is 4. The molecule has 1 N–H and O–H groups in total. The summed E-state index contributed by atoms with van der Waals surface area (Å²) in [7, 11) is 0. The molecule has 2 heterocycles. The lowest BCUT2D eigenvalue weighted by Gasteiger charge is -2.09. The normalized spacial score (nSPS) is 10.7. The lowest BCUT2D eigenvalue weighted by Crippen LogP contribution is -2.12. The van der Waals surface area contributed by atoms with Crippen LogP contribution in [0.5, 0.6) is 0 Å². The summed E-state index contributed by atoms with van der Waals surface area (Å²) in [5.41, 5.74) is 2.26. The molecule has 0 aliphatic carbocycles. The topological polar surface area (TPSA) is 64.7 Å². The Morgan fingerprint density at radius 2 is 1.93 bits per heavy atom. The van der Waals surface area contributed by atoms with Crippen LogP contribution in [0.1, 0.15) is 15.9 Å². The van der Waals surface area contributed by atoms with Crippen LogP contribution >= 0.6 is 0 Å². The highest BCUT2D eigenvalue weighted by Crippen LogP contribution is 2.18. The van der Waals surface area contributed by atoms with E-state index in [1.807, 2.05) is 22.9 Å². The molecule has 134 valence electrons. The van der Waals surface area contributed by atoms with Crippen molar-refractivity contribution >= 4 is 11.6 Å². The number of carbonyl (C=O) groups is 1. The zero-order chi connectivity index (χ0) is 18.6. The quantitative estimate of drug-likeness (QED) is 0.592. The maximum absolute atomic E-state index is 14.3. The second-order valence-electron chi connectivity index (χ2n) is 6.00. The number of aromatic nitrogens is 4. The molecule has 0 atom stereocenters. The lowest BCUT2D eigenvalue weighted by atomic mass is 10.1. The standard InChI is InChI=1S/C20H16FN5O/c21-18-12-17(6-7-19(18)26-10-1-8-23-26)24-20(27)16-4-2-15(3-5-16)13-25-11-9-22-14-25/h1-12,14H,13H2,(H,24,27). The second kappa shape index (κ2) is 7.25. The van der Waals surface area contributed by atoms with Crippen LogP contribution in [-0.4, -0.2) is 25.2 Å². The number of hydrogen-bond acceptors (Lipinski definition) is 3. The average Bonchev–Trinajstić information content (AvgIpc) is 3.36. The van der Waals surface area contributed by atoms with E-state index in [0.29, 0.717) is 23.5 Å². The number of imidazole rings is 1. The van der Waals surface area contributed by atoms with Crippen LogP contribution in [0, 0.1) is 5.82 Å². The molecule has 1 amide bonds. The Bertz CT molecular complexity index is 1040. The van der Waals surface area contributed by atoms with E-state index in [9.17, 15) is 9.18 Å². The van der Waals surface area contributed by atoms with Crippen molar-refractivity contribution < 1.29 is 9.18 Å². The Morgan fingerprint density at radius 1 is 1.07 bits per heavy atom. The molecule has 0 saturated carbocycles. The Hall–Kier alpha value is -3.74. The first-order valence-corrected chi connectivity index (χ1v) is 8.35. The average molecular weight is 361 g/mol. The Kier molecular flexibility index (Phi) is 4.49. The van der Waals surface area contributed by atoms with Gasteiger partial charge in [0, 0.05) is 42.6 Å². The highest BCUT2D eigenvalue weighted by Gasteiger charge is 2.10. The van der Waals surface area contributed by atoms with Gasteiger partial charge >= 0.3 is 0 Å². The van der Waals surface area contributed by atoms with Gasteiger partial charge in [0.25, 0.3) is 5.91 Å². The van der Waals surface area contributed by atoms with Gasteiger partial charge in [0.1, 0.15) is 5.69 Å². The van der Waals surface area contributed by atoms with Gasteiger partial charge in [-0.05, 0) is 42.0 Å². The molecule has 0 aliphatic rings. The first-order chi connectivity index (χ1) is 13.2. The van der Waals surface area contributed by atoms with Crippen molar-refractivity contribution in [2.75, 3.05) is 5.32 Å². The zero-order valence-electron chi connectivity index (χ0n) is 14.3. The van der Waals surface area contributed by atoms with Gasteiger partial charge in [-0.2, -0.15) is 5.10 Å². The van der Waals surface area contributed by atoms with Gasteiger partial charge in [-0.3, -0.25) is 4.79 Å². The van der Waals surface area contributed by atoms with Crippen molar-refractivity contribution in [3.8, 4) is 5.69 Å². The second-order valence-corrected chi connectivity index (χ2v) is 6.00. The first-order valence-electron chi connectivity index (χ1n) is 8.35. The minimum Gasteiger partial charge on any atom is -0.333 e. The highest BCUT2D eigenvalue weighted by atomic mass is 19.1. The minimum absolute atomic E-state index is 0.296. The van der Waals surface area contributed by atoms with E-state index in [4.69, 9.17) is 0 Å². The number of hydrogen-bond donors (Lipinski definition) is 1. The third-order valence-electron chi connectivity index (χ3n) is 4.10. The summed E-state index contributed by atoms with van der Waals surface area (Å²) in [5.74, 6) is -0.761. The predicted octanol–water partition coefficient (Wildman–Crippen LogP) is 3.51. The fourth-order valence-electron chi connectivity index (χ4n) is 2.74. The van der Waals surface area contributed by atoms with Gasteiger partial charge < -0.3 is 9.88 Å². The summed E-state index contributed by atoms with van der Waals surface area (Å²) >= 11 is 0. The van der Waals surface area contributed by atoms with E-state index in [2.05, 4.69) is 15.4 Å². The maximum Gasteiger partial charge on any atom is 0.255 e. The maximum atomic E-state index is 14.3. The summed E-state index contributed by atoms with van der Waals surface area (Å²) in [4.78, 5) is 16.4. The van der Waals surface area contributed by atoms with Gasteiger partial charge in [-0.15, -0.1) is 0 Å². The van der Waals surface area contributed by atoms with Crippen molar-refractivity contribution in [3.63, 3.8) is 0 Å². The minimum atomic E-state index is -0.466. The number of anilines is 1. The van der Waals surface area contributed by atoms with E-state index in [-0.39, 0.29) is 5.91 Å². The molecule has 27 heavy (non-hydrogen) atoms. The molecule has 7 heteroatoms. The molecule has 0 unspecified atom stereocenters. The summed E-state index contributed by atoms with van der Waals surface area (Å²) < 4.78 is 17.7. The van der Waals surface area contributed by atoms with E-state index in [1.54, 1.807) is 55.2 Å². The molecule has 4 aromatic rings. The number of nitrogens with one attached hydrogen (secondary N) is 1. The number of halogens is 1. The molecule has 0 spiro atoms. The van der Waals surface area contributed by atoms with Gasteiger partial charge in [0.05, 0.1) is 6.33 Å². The van der Waals surface area contributed by atoms with Crippen LogP contribution in [0.15, 0.2) is 79.6 Å².